The molecule has 0 aliphatic rings. The van der Waals surface area contributed by atoms with Crippen LogP contribution in [0.15, 0.2) is 24.3 Å². The Balaban J connectivity index is 2.77. The number of carbonyl (C=O) groups excluding carboxylic acids is 1. The van der Waals surface area contributed by atoms with Crippen LogP contribution in [0.3, 0.4) is 0 Å². The summed E-state index contributed by atoms with van der Waals surface area (Å²) in [7, 11) is -3.52. The molecule has 0 atom stereocenters. The SMILES string of the molecule is O=C(CS(=O)(=O)CCO)c1ccc(Cl)cc1. The second-order valence-corrected chi connectivity index (χ2v) is 5.87. The second-order valence-electron chi connectivity index (χ2n) is 3.25. The summed E-state index contributed by atoms with van der Waals surface area (Å²) in [5, 5.41) is 9.00. The maximum Gasteiger partial charge on any atom is 0.177 e. The van der Waals surface area contributed by atoms with Crippen molar-refractivity contribution in [2.45, 2.75) is 0 Å². The van der Waals surface area contributed by atoms with E-state index in [1.807, 2.05) is 0 Å². The van der Waals surface area contributed by atoms with Crippen LogP contribution in [0.2, 0.25) is 5.02 Å². The normalized spacial score (nSPS) is 11.4. The fourth-order valence-electron chi connectivity index (χ4n) is 1.13. The number of sulfone groups is 1. The van der Waals surface area contributed by atoms with Gasteiger partial charge in [0, 0.05) is 10.6 Å². The third-order valence-electron chi connectivity index (χ3n) is 1.92. The summed E-state index contributed by atoms with van der Waals surface area (Å²) in [6.07, 6.45) is 0. The fourth-order valence-corrected chi connectivity index (χ4v) is 2.24. The molecule has 1 aromatic carbocycles. The van der Waals surface area contributed by atoms with Crippen LogP contribution < -0.4 is 0 Å². The van der Waals surface area contributed by atoms with Crippen LogP contribution in [-0.2, 0) is 9.84 Å². The molecule has 6 heteroatoms. The Morgan fingerprint density at radius 3 is 2.31 bits per heavy atom. The Hall–Kier alpha value is -0.910. The lowest BCUT2D eigenvalue weighted by atomic mass is 10.1. The molecule has 4 nitrogen and oxygen atoms in total. The zero-order valence-electron chi connectivity index (χ0n) is 8.39. The summed E-state index contributed by atoms with van der Waals surface area (Å²) in [5.74, 6) is -1.48. The van der Waals surface area contributed by atoms with E-state index in [9.17, 15) is 13.2 Å². The van der Waals surface area contributed by atoms with Crippen molar-refractivity contribution in [2.75, 3.05) is 18.1 Å². The molecule has 0 aliphatic heterocycles. The van der Waals surface area contributed by atoms with E-state index in [0.717, 1.165) is 0 Å². The molecule has 0 radical (unpaired) electrons. The van der Waals surface area contributed by atoms with Crippen molar-refractivity contribution in [3.05, 3.63) is 34.9 Å². The fraction of sp³-hybridized carbons (Fsp3) is 0.300. The largest absolute Gasteiger partial charge is 0.395 e. The van der Waals surface area contributed by atoms with Gasteiger partial charge in [0.2, 0.25) is 0 Å². The predicted octanol–water partition coefficient (Wildman–Crippen LogP) is 0.930. The van der Waals surface area contributed by atoms with E-state index in [0.29, 0.717) is 10.6 Å². The highest BCUT2D eigenvalue weighted by molar-refractivity contribution is 7.92. The molecule has 0 unspecified atom stereocenters. The van der Waals surface area contributed by atoms with Crippen LogP contribution in [0, 0.1) is 0 Å². The highest BCUT2D eigenvalue weighted by Crippen LogP contribution is 2.10. The number of benzene rings is 1. The van der Waals surface area contributed by atoms with Crippen molar-refractivity contribution in [3.8, 4) is 0 Å². The minimum atomic E-state index is -3.52. The van der Waals surface area contributed by atoms with Gasteiger partial charge in [-0.1, -0.05) is 11.6 Å². The van der Waals surface area contributed by atoms with Crippen LogP contribution in [0.4, 0.5) is 0 Å². The lowest BCUT2D eigenvalue weighted by Gasteiger charge is -2.02. The molecule has 88 valence electrons. The smallest absolute Gasteiger partial charge is 0.177 e. The number of Topliss-reactive ketones (excluding diaryl/α,β-unsaturated/α-hetero) is 1. The maximum atomic E-state index is 11.5. The first-order chi connectivity index (χ1) is 7.44. The number of aliphatic hydroxyl groups excluding tert-OH is 1. The van der Waals surface area contributed by atoms with E-state index in [1.54, 1.807) is 0 Å². The third-order valence-corrected chi connectivity index (χ3v) is 3.68. The first-order valence-corrected chi connectivity index (χ1v) is 6.74. The average molecular weight is 263 g/mol. The summed E-state index contributed by atoms with van der Waals surface area (Å²) in [6, 6.07) is 5.99. The van der Waals surface area contributed by atoms with E-state index in [-0.39, 0.29) is 0 Å². The second kappa shape index (κ2) is 5.43. The van der Waals surface area contributed by atoms with Crippen molar-refractivity contribution in [1.29, 1.82) is 0 Å². The van der Waals surface area contributed by atoms with Crippen molar-refractivity contribution < 1.29 is 18.3 Å². The quantitative estimate of drug-likeness (QED) is 0.802. The van der Waals surface area contributed by atoms with Crippen LogP contribution in [0.5, 0.6) is 0 Å². The van der Waals surface area contributed by atoms with Crippen LogP contribution in [-0.4, -0.2) is 37.4 Å². The van der Waals surface area contributed by atoms with Gasteiger partial charge >= 0.3 is 0 Å². The monoisotopic (exact) mass is 262 g/mol. The number of carbonyl (C=O) groups is 1. The van der Waals surface area contributed by atoms with Gasteiger partial charge in [-0.3, -0.25) is 4.79 Å². The molecule has 0 fully saturated rings. The highest BCUT2D eigenvalue weighted by Gasteiger charge is 2.17. The van der Waals surface area contributed by atoms with E-state index in [2.05, 4.69) is 0 Å². The molecular formula is C10H11ClO4S. The van der Waals surface area contributed by atoms with Gasteiger partial charge in [0.1, 0.15) is 5.75 Å². The Morgan fingerprint density at radius 1 is 1.25 bits per heavy atom. The minimum Gasteiger partial charge on any atom is -0.395 e. The molecule has 0 saturated carbocycles. The molecule has 0 heterocycles. The number of halogens is 1. The van der Waals surface area contributed by atoms with E-state index >= 15 is 0 Å². The number of ketones is 1. The van der Waals surface area contributed by atoms with Crippen molar-refractivity contribution in [1.82, 2.24) is 0 Å². The zero-order valence-corrected chi connectivity index (χ0v) is 9.96. The third kappa shape index (κ3) is 3.92. The molecular weight excluding hydrogens is 252 g/mol. The lowest BCUT2D eigenvalue weighted by Crippen LogP contribution is -2.20. The predicted molar refractivity (Wildman–Crippen MR) is 61.5 cm³/mol. The number of hydrogen-bond donors (Lipinski definition) is 1. The lowest BCUT2D eigenvalue weighted by molar-refractivity contribution is 0.102. The first-order valence-electron chi connectivity index (χ1n) is 4.54. The molecule has 1 aromatic rings. The average Bonchev–Trinajstić information content (AvgIpc) is 2.17. The molecule has 1 N–H and O–H groups in total. The topological polar surface area (TPSA) is 71.4 Å². The number of hydrogen-bond acceptors (Lipinski definition) is 4. The summed E-state index contributed by atoms with van der Waals surface area (Å²) >= 11 is 5.64. The van der Waals surface area contributed by atoms with Gasteiger partial charge in [0.25, 0.3) is 0 Å². The Bertz CT molecular complexity index is 464. The van der Waals surface area contributed by atoms with Gasteiger partial charge in [-0.05, 0) is 24.3 Å². The van der Waals surface area contributed by atoms with Crippen molar-refractivity contribution in [3.63, 3.8) is 0 Å². The molecule has 0 aromatic heterocycles. The Morgan fingerprint density at radius 2 is 1.81 bits per heavy atom. The molecule has 16 heavy (non-hydrogen) atoms. The molecule has 0 amide bonds. The van der Waals surface area contributed by atoms with Crippen LogP contribution in [0.1, 0.15) is 10.4 Å². The summed E-state index contributed by atoms with van der Waals surface area (Å²) < 4.78 is 22.5. The van der Waals surface area contributed by atoms with Gasteiger partial charge in [-0.15, -0.1) is 0 Å². The first kappa shape index (κ1) is 13.2. The van der Waals surface area contributed by atoms with Gasteiger partial charge in [0.05, 0.1) is 12.4 Å². The van der Waals surface area contributed by atoms with Gasteiger partial charge in [0.15, 0.2) is 15.6 Å². The van der Waals surface area contributed by atoms with Gasteiger partial charge < -0.3 is 5.11 Å². The molecule has 0 spiro atoms. The minimum absolute atomic E-state index is 0.297. The van der Waals surface area contributed by atoms with Crippen LogP contribution >= 0.6 is 11.6 Å². The number of aliphatic hydroxyl groups is 1. The summed E-state index contributed by atoms with van der Waals surface area (Å²) in [6.45, 7) is -0.476. The standard InChI is InChI=1S/C10H11ClO4S/c11-9-3-1-8(2-4-9)10(13)7-16(14,15)6-5-12/h1-4,12H,5-7H2. The highest BCUT2D eigenvalue weighted by atomic mass is 35.5. The zero-order chi connectivity index (χ0) is 12.2. The van der Waals surface area contributed by atoms with Crippen LogP contribution in [0.25, 0.3) is 0 Å². The van der Waals surface area contributed by atoms with Crippen molar-refractivity contribution >= 4 is 27.2 Å². The summed E-state index contributed by atoms with van der Waals surface area (Å²) in [5.41, 5.74) is 0.297. The molecule has 0 saturated heterocycles. The van der Waals surface area contributed by atoms with E-state index < -0.39 is 33.7 Å². The molecule has 1 rings (SSSR count). The summed E-state index contributed by atoms with van der Waals surface area (Å²) in [4.78, 5) is 11.5. The molecule has 0 bridgehead atoms. The number of rotatable bonds is 5. The maximum absolute atomic E-state index is 11.5. The van der Waals surface area contributed by atoms with Crippen molar-refractivity contribution in [2.24, 2.45) is 0 Å². The molecule has 0 aliphatic carbocycles. The Kier molecular flexibility index (Phi) is 4.46. The van der Waals surface area contributed by atoms with Gasteiger partial charge in [-0.2, -0.15) is 0 Å². The van der Waals surface area contributed by atoms with E-state index in [1.165, 1.54) is 24.3 Å². The Labute approximate surface area is 98.8 Å². The van der Waals surface area contributed by atoms with E-state index in [4.69, 9.17) is 16.7 Å². The van der Waals surface area contributed by atoms with Gasteiger partial charge in [-0.25, -0.2) is 8.42 Å².